The highest BCUT2D eigenvalue weighted by Gasteiger charge is 2.00. The maximum atomic E-state index is 5.12. The third-order valence-corrected chi connectivity index (χ3v) is 4.33. The molecule has 0 amide bonds. The zero-order chi connectivity index (χ0) is 12.1. The van der Waals surface area contributed by atoms with Gasteiger partial charge in [-0.2, -0.15) is 11.3 Å². The molecule has 0 bridgehead atoms. The van der Waals surface area contributed by atoms with E-state index in [1.807, 2.05) is 12.1 Å². The molecule has 0 aliphatic carbocycles. The molecular formula is C13H14BrNOS. The molecule has 1 aromatic carbocycles. The third kappa shape index (κ3) is 3.56. The topological polar surface area (TPSA) is 21.3 Å². The Bertz CT molecular complexity index is 467. The van der Waals surface area contributed by atoms with E-state index < -0.39 is 0 Å². The van der Waals surface area contributed by atoms with Gasteiger partial charge in [0.2, 0.25) is 0 Å². The van der Waals surface area contributed by atoms with Gasteiger partial charge in [-0.15, -0.1) is 0 Å². The number of ether oxygens (including phenoxy) is 1. The van der Waals surface area contributed by atoms with E-state index in [1.54, 1.807) is 18.4 Å². The van der Waals surface area contributed by atoms with Crippen molar-refractivity contribution in [3.8, 4) is 5.75 Å². The summed E-state index contributed by atoms with van der Waals surface area (Å²) in [5.74, 6) is 0.898. The van der Waals surface area contributed by atoms with E-state index in [0.29, 0.717) is 0 Å². The first-order chi connectivity index (χ1) is 8.29. The van der Waals surface area contributed by atoms with Crippen molar-refractivity contribution in [2.24, 2.45) is 0 Å². The zero-order valence-electron chi connectivity index (χ0n) is 9.57. The first kappa shape index (κ1) is 12.6. The molecule has 17 heavy (non-hydrogen) atoms. The Labute approximate surface area is 114 Å². The lowest BCUT2D eigenvalue weighted by Gasteiger charge is -2.05. The standard InChI is InChI=1S/C13H14BrNOS/c1-16-12-4-2-10(3-5-12)6-15-7-11-8-17-9-13(11)14/h2-5,8-9,15H,6-7H2,1H3. The van der Waals surface area contributed by atoms with Crippen LogP contribution in [0.1, 0.15) is 11.1 Å². The SMILES string of the molecule is COc1ccc(CNCc2cscc2Br)cc1. The van der Waals surface area contributed by atoms with Gasteiger partial charge >= 0.3 is 0 Å². The Kier molecular flexibility index (Phi) is 4.59. The molecular weight excluding hydrogens is 298 g/mol. The molecule has 0 aliphatic heterocycles. The van der Waals surface area contributed by atoms with Crippen molar-refractivity contribution in [3.05, 3.63) is 50.6 Å². The van der Waals surface area contributed by atoms with Crippen LogP contribution in [0.3, 0.4) is 0 Å². The molecule has 1 aromatic heterocycles. The first-order valence-electron chi connectivity index (χ1n) is 5.34. The van der Waals surface area contributed by atoms with E-state index >= 15 is 0 Å². The van der Waals surface area contributed by atoms with Crippen LogP contribution < -0.4 is 10.1 Å². The number of hydrogen-bond acceptors (Lipinski definition) is 3. The highest BCUT2D eigenvalue weighted by molar-refractivity contribution is 9.10. The number of methoxy groups -OCH3 is 1. The molecule has 1 N–H and O–H groups in total. The van der Waals surface area contributed by atoms with Crippen LogP contribution >= 0.6 is 27.3 Å². The van der Waals surface area contributed by atoms with E-state index in [1.165, 1.54) is 15.6 Å². The fraction of sp³-hybridized carbons (Fsp3) is 0.231. The molecule has 2 nitrogen and oxygen atoms in total. The van der Waals surface area contributed by atoms with E-state index in [2.05, 4.69) is 44.1 Å². The number of nitrogens with one attached hydrogen (secondary N) is 1. The summed E-state index contributed by atoms with van der Waals surface area (Å²) in [7, 11) is 1.68. The average molecular weight is 312 g/mol. The maximum absolute atomic E-state index is 5.12. The number of benzene rings is 1. The van der Waals surface area contributed by atoms with Crippen molar-refractivity contribution < 1.29 is 4.74 Å². The first-order valence-corrected chi connectivity index (χ1v) is 7.07. The molecule has 2 rings (SSSR count). The lowest BCUT2D eigenvalue weighted by Crippen LogP contribution is -2.12. The molecule has 4 heteroatoms. The predicted octanol–water partition coefficient (Wildman–Crippen LogP) is 3.81. The Morgan fingerprint density at radius 2 is 1.94 bits per heavy atom. The van der Waals surface area contributed by atoms with Crippen molar-refractivity contribution in [3.63, 3.8) is 0 Å². The second-order valence-electron chi connectivity index (χ2n) is 3.70. The van der Waals surface area contributed by atoms with Gasteiger partial charge in [0.15, 0.2) is 0 Å². The van der Waals surface area contributed by atoms with Crippen LogP contribution in [-0.4, -0.2) is 7.11 Å². The van der Waals surface area contributed by atoms with Crippen molar-refractivity contribution in [1.82, 2.24) is 5.32 Å². The van der Waals surface area contributed by atoms with E-state index in [4.69, 9.17) is 4.74 Å². The fourth-order valence-corrected chi connectivity index (χ4v) is 2.96. The third-order valence-electron chi connectivity index (χ3n) is 2.49. The van der Waals surface area contributed by atoms with Crippen molar-refractivity contribution in [2.45, 2.75) is 13.1 Å². The molecule has 1 heterocycles. The summed E-state index contributed by atoms with van der Waals surface area (Å²) in [5.41, 5.74) is 2.57. The molecule has 2 aromatic rings. The summed E-state index contributed by atoms with van der Waals surface area (Å²) < 4.78 is 6.31. The van der Waals surface area contributed by atoms with Gasteiger partial charge in [0.05, 0.1) is 7.11 Å². The summed E-state index contributed by atoms with van der Waals surface area (Å²) in [6, 6.07) is 8.12. The molecule has 0 saturated heterocycles. The Hall–Kier alpha value is -0.840. The number of hydrogen-bond donors (Lipinski definition) is 1. The molecule has 90 valence electrons. The molecule has 0 unspecified atom stereocenters. The maximum Gasteiger partial charge on any atom is 0.118 e. The van der Waals surface area contributed by atoms with Crippen molar-refractivity contribution >= 4 is 27.3 Å². The van der Waals surface area contributed by atoms with E-state index in [9.17, 15) is 0 Å². The lowest BCUT2D eigenvalue weighted by molar-refractivity contribution is 0.414. The summed E-state index contributed by atoms with van der Waals surface area (Å²) in [6.07, 6.45) is 0. The van der Waals surface area contributed by atoms with Crippen LogP contribution in [0.2, 0.25) is 0 Å². The highest BCUT2D eigenvalue weighted by Crippen LogP contribution is 2.21. The van der Waals surface area contributed by atoms with E-state index in [0.717, 1.165) is 18.8 Å². The molecule has 0 aliphatic rings. The van der Waals surface area contributed by atoms with Crippen LogP contribution in [0.15, 0.2) is 39.5 Å². The molecule has 0 atom stereocenters. The minimum Gasteiger partial charge on any atom is -0.497 e. The normalized spacial score (nSPS) is 10.5. The van der Waals surface area contributed by atoms with Gasteiger partial charge in [-0.05, 0) is 44.6 Å². The van der Waals surface area contributed by atoms with Gasteiger partial charge in [-0.1, -0.05) is 12.1 Å². The lowest BCUT2D eigenvalue weighted by atomic mass is 10.2. The molecule has 0 saturated carbocycles. The van der Waals surface area contributed by atoms with Gasteiger partial charge in [0.25, 0.3) is 0 Å². The van der Waals surface area contributed by atoms with Gasteiger partial charge in [0.1, 0.15) is 5.75 Å². The Morgan fingerprint density at radius 1 is 1.18 bits per heavy atom. The molecule has 0 spiro atoms. The highest BCUT2D eigenvalue weighted by atomic mass is 79.9. The number of halogens is 1. The van der Waals surface area contributed by atoms with Gasteiger partial charge in [-0.3, -0.25) is 0 Å². The summed E-state index contributed by atoms with van der Waals surface area (Å²) in [6.45, 7) is 1.75. The summed E-state index contributed by atoms with van der Waals surface area (Å²) in [4.78, 5) is 0. The van der Waals surface area contributed by atoms with Gasteiger partial charge in [0, 0.05) is 22.9 Å². The molecule has 0 fully saturated rings. The average Bonchev–Trinajstić information content (AvgIpc) is 2.76. The van der Waals surface area contributed by atoms with Crippen molar-refractivity contribution in [1.29, 1.82) is 0 Å². The van der Waals surface area contributed by atoms with Crippen LogP contribution in [0.25, 0.3) is 0 Å². The smallest absolute Gasteiger partial charge is 0.118 e. The number of rotatable bonds is 5. The second-order valence-corrected chi connectivity index (χ2v) is 5.29. The minimum atomic E-state index is 0.867. The zero-order valence-corrected chi connectivity index (χ0v) is 12.0. The van der Waals surface area contributed by atoms with Crippen LogP contribution in [0.4, 0.5) is 0 Å². The molecule has 0 radical (unpaired) electrons. The van der Waals surface area contributed by atoms with Crippen LogP contribution in [0.5, 0.6) is 5.75 Å². The Balaban J connectivity index is 1.83. The van der Waals surface area contributed by atoms with Crippen molar-refractivity contribution in [2.75, 3.05) is 7.11 Å². The van der Waals surface area contributed by atoms with Crippen LogP contribution in [0, 0.1) is 0 Å². The fourth-order valence-electron chi connectivity index (χ4n) is 1.52. The predicted molar refractivity (Wildman–Crippen MR) is 75.6 cm³/mol. The quantitative estimate of drug-likeness (QED) is 0.906. The Morgan fingerprint density at radius 3 is 2.53 bits per heavy atom. The summed E-state index contributed by atoms with van der Waals surface area (Å²) in [5, 5.41) is 7.68. The number of thiophene rings is 1. The van der Waals surface area contributed by atoms with Gasteiger partial charge < -0.3 is 10.1 Å². The minimum absolute atomic E-state index is 0.867. The largest absolute Gasteiger partial charge is 0.497 e. The second kappa shape index (κ2) is 6.19. The monoisotopic (exact) mass is 311 g/mol. The van der Waals surface area contributed by atoms with E-state index in [-0.39, 0.29) is 0 Å². The summed E-state index contributed by atoms with van der Waals surface area (Å²) >= 11 is 5.24. The van der Waals surface area contributed by atoms with Gasteiger partial charge in [-0.25, -0.2) is 0 Å². The van der Waals surface area contributed by atoms with Crippen LogP contribution in [-0.2, 0) is 13.1 Å².